The number of benzene rings is 1. The third kappa shape index (κ3) is 5.28. The van der Waals surface area contributed by atoms with Gasteiger partial charge in [0.2, 0.25) is 5.88 Å². The number of rotatable bonds is 10. The van der Waals surface area contributed by atoms with Crippen LogP contribution in [-0.2, 0) is 4.74 Å². The molecule has 3 rings (SSSR count). The van der Waals surface area contributed by atoms with Crippen LogP contribution in [0.4, 0.5) is 0 Å². The van der Waals surface area contributed by atoms with Gasteiger partial charge in [0.25, 0.3) is 0 Å². The summed E-state index contributed by atoms with van der Waals surface area (Å²) >= 11 is 0. The van der Waals surface area contributed by atoms with Crippen LogP contribution in [0, 0.1) is 5.92 Å². The summed E-state index contributed by atoms with van der Waals surface area (Å²) in [6.07, 6.45) is 6.98. The predicted octanol–water partition coefficient (Wildman–Crippen LogP) is 3.20. The van der Waals surface area contributed by atoms with E-state index in [1.165, 1.54) is 12.0 Å². The lowest BCUT2D eigenvalue weighted by atomic mass is 10.0. The van der Waals surface area contributed by atoms with E-state index in [1.807, 2.05) is 25.2 Å². The number of allylic oxidation sites excluding steroid dienone is 3. The summed E-state index contributed by atoms with van der Waals surface area (Å²) in [6, 6.07) is 11.5. The number of aliphatic imine (C=N–C) groups is 1. The smallest absolute Gasteiger partial charge is 0.212 e. The van der Waals surface area contributed by atoms with Gasteiger partial charge in [-0.05, 0) is 37.6 Å². The van der Waals surface area contributed by atoms with Crippen LogP contribution >= 0.6 is 0 Å². The Morgan fingerprint density at radius 2 is 2.16 bits per heavy atom. The molecule has 1 N–H and O–H groups in total. The first-order valence-corrected chi connectivity index (χ1v) is 9.23. The van der Waals surface area contributed by atoms with Crippen molar-refractivity contribution in [2.24, 2.45) is 10.9 Å². The predicted molar refractivity (Wildman–Crippen MR) is 104 cm³/mol. The zero-order valence-corrected chi connectivity index (χ0v) is 15.1. The Bertz CT molecular complexity index is 605. The van der Waals surface area contributed by atoms with Crippen molar-refractivity contribution in [3.05, 3.63) is 60.0 Å². The van der Waals surface area contributed by atoms with Crippen molar-refractivity contribution in [2.75, 3.05) is 32.8 Å². The monoisotopic (exact) mass is 339 g/mol. The van der Waals surface area contributed by atoms with Crippen molar-refractivity contribution < 1.29 is 4.74 Å². The molecule has 4 nitrogen and oxygen atoms in total. The molecule has 0 bridgehead atoms. The Hall–Kier alpha value is -1.91. The second-order valence-corrected chi connectivity index (χ2v) is 6.93. The second kappa shape index (κ2) is 8.97. The van der Waals surface area contributed by atoms with Crippen LogP contribution in [0.15, 0.2) is 59.4 Å². The Morgan fingerprint density at radius 3 is 2.88 bits per heavy atom. The largest absolute Gasteiger partial charge is 0.476 e. The highest BCUT2D eigenvalue weighted by atomic mass is 16.5. The van der Waals surface area contributed by atoms with E-state index in [-0.39, 0.29) is 0 Å². The van der Waals surface area contributed by atoms with Crippen molar-refractivity contribution >= 4 is 6.72 Å². The van der Waals surface area contributed by atoms with E-state index >= 15 is 0 Å². The third-order valence-corrected chi connectivity index (χ3v) is 4.96. The number of nitrogens with one attached hydrogen (secondary N) is 1. The van der Waals surface area contributed by atoms with Crippen molar-refractivity contribution in [1.29, 1.82) is 0 Å². The van der Waals surface area contributed by atoms with E-state index in [1.54, 1.807) is 0 Å². The maximum absolute atomic E-state index is 5.63. The highest BCUT2D eigenvalue weighted by Gasteiger charge is 2.38. The molecule has 1 aromatic rings. The Labute approximate surface area is 151 Å². The summed E-state index contributed by atoms with van der Waals surface area (Å²) in [4.78, 5) is 6.31. The molecule has 0 aromatic heterocycles. The van der Waals surface area contributed by atoms with Gasteiger partial charge in [-0.1, -0.05) is 42.5 Å². The molecule has 25 heavy (non-hydrogen) atoms. The van der Waals surface area contributed by atoms with Crippen molar-refractivity contribution in [3.63, 3.8) is 0 Å². The zero-order chi connectivity index (χ0) is 17.5. The van der Waals surface area contributed by atoms with Crippen LogP contribution in [0.5, 0.6) is 0 Å². The fraction of sp³-hybridized carbons (Fsp3) is 0.476. The molecule has 1 saturated carbocycles. The molecule has 1 aliphatic carbocycles. The van der Waals surface area contributed by atoms with Crippen LogP contribution in [0.1, 0.15) is 24.8 Å². The standard InChI is InChI=1S/C21H29N3O/c1-3-4-10-21(22-2)25-12-11-24-15-17(16-24)14-23-20-13-19(20)18-8-6-5-7-9-18/h3-10,17,19-20,23H,2,11-16H2,1H3/b4-3-,21-10+/t19-,20+/m0/s1. The fourth-order valence-electron chi connectivity index (χ4n) is 3.40. The van der Waals surface area contributed by atoms with E-state index in [0.717, 1.165) is 38.0 Å². The minimum absolute atomic E-state index is 0.595. The van der Waals surface area contributed by atoms with Crippen LogP contribution in [0.2, 0.25) is 0 Å². The quantitative estimate of drug-likeness (QED) is 0.404. The molecule has 2 atom stereocenters. The van der Waals surface area contributed by atoms with E-state index < -0.39 is 0 Å². The van der Waals surface area contributed by atoms with Gasteiger partial charge in [-0.15, -0.1) is 0 Å². The topological polar surface area (TPSA) is 36.9 Å². The number of ether oxygens (including phenoxy) is 1. The molecule has 0 spiro atoms. The molecule has 1 aliphatic heterocycles. The van der Waals surface area contributed by atoms with Crippen LogP contribution < -0.4 is 5.32 Å². The first-order chi connectivity index (χ1) is 12.3. The molecule has 1 saturated heterocycles. The lowest BCUT2D eigenvalue weighted by Gasteiger charge is -2.39. The van der Waals surface area contributed by atoms with Gasteiger partial charge in [0.1, 0.15) is 6.61 Å². The lowest BCUT2D eigenvalue weighted by Crippen LogP contribution is -2.51. The Morgan fingerprint density at radius 1 is 1.36 bits per heavy atom. The second-order valence-electron chi connectivity index (χ2n) is 6.93. The molecule has 2 fully saturated rings. The Balaban J connectivity index is 1.25. The van der Waals surface area contributed by atoms with Crippen molar-refractivity contribution in [3.8, 4) is 0 Å². The first-order valence-electron chi connectivity index (χ1n) is 9.23. The summed E-state index contributed by atoms with van der Waals surface area (Å²) in [5, 5.41) is 3.74. The summed E-state index contributed by atoms with van der Waals surface area (Å²) in [5.74, 6) is 2.09. The average Bonchev–Trinajstić information content (AvgIpc) is 3.39. The summed E-state index contributed by atoms with van der Waals surface area (Å²) in [7, 11) is 0. The lowest BCUT2D eigenvalue weighted by molar-refractivity contribution is 0.0674. The van der Waals surface area contributed by atoms with Gasteiger partial charge in [0, 0.05) is 38.1 Å². The van der Waals surface area contributed by atoms with Gasteiger partial charge in [0.15, 0.2) is 0 Å². The maximum Gasteiger partial charge on any atom is 0.212 e. The number of hydrogen-bond donors (Lipinski definition) is 1. The van der Waals surface area contributed by atoms with Crippen LogP contribution in [0.25, 0.3) is 0 Å². The molecule has 0 radical (unpaired) electrons. The molecule has 0 amide bonds. The molecule has 134 valence electrons. The normalized spacial score (nSPS) is 24.3. The molecule has 2 aliphatic rings. The number of nitrogens with zero attached hydrogens (tertiary/aromatic N) is 2. The minimum atomic E-state index is 0.595. The number of hydrogen-bond acceptors (Lipinski definition) is 4. The minimum Gasteiger partial charge on any atom is -0.476 e. The number of likely N-dealkylation sites (tertiary alicyclic amines) is 1. The fourth-order valence-corrected chi connectivity index (χ4v) is 3.40. The third-order valence-electron chi connectivity index (χ3n) is 4.96. The van der Waals surface area contributed by atoms with Gasteiger partial charge in [0.05, 0.1) is 0 Å². The molecular weight excluding hydrogens is 310 g/mol. The van der Waals surface area contributed by atoms with Crippen molar-refractivity contribution in [2.45, 2.75) is 25.3 Å². The maximum atomic E-state index is 5.63. The average molecular weight is 339 g/mol. The van der Waals surface area contributed by atoms with Crippen molar-refractivity contribution in [1.82, 2.24) is 10.2 Å². The molecule has 0 unspecified atom stereocenters. The van der Waals surface area contributed by atoms with E-state index in [9.17, 15) is 0 Å². The van der Waals surface area contributed by atoms with Gasteiger partial charge in [-0.3, -0.25) is 4.90 Å². The summed E-state index contributed by atoms with van der Waals surface area (Å²) in [5.41, 5.74) is 1.48. The highest BCUT2D eigenvalue weighted by molar-refractivity contribution is 5.28. The summed E-state index contributed by atoms with van der Waals surface area (Å²) in [6.45, 7) is 10.6. The van der Waals surface area contributed by atoms with Crippen LogP contribution in [-0.4, -0.2) is 50.4 Å². The zero-order valence-electron chi connectivity index (χ0n) is 15.1. The van der Waals surface area contributed by atoms with Gasteiger partial charge < -0.3 is 10.1 Å². The van der Waals surface area contributed by atoms with Crippen LogP contribution in [0.3, 0.4) is 0 Å². The molecule has 1 heterocycles. The van der Waals surface area contributed by atoms with Gasteiger partial charge in [-0.2, -0.15) is 0 Å². The van der Waals surface area contributed by atoms with E-state index in [4.69, 9.17) is 4.74 Å². The van der Waals surface area contributed by atoms with E-state index in [0.29, 0.717) is 18.5 Å². The first kappa shape index (κ1) is 17.9. The SMILES string of the molecule is C=N/C(=C\C=C/C)OCCN1CC(CN[C@@H]2C[C@H]2c2ccccc2)C1. The summed E-state index contributed by atoms with van der Waals surface area (Å²) < 4.78 is 5.63. The van der Waals surface area contributed by atoms with Gasteiger partial charge >= 0.3 is 0 Å². The Kier molecular flexibility index (Phi) is 6.42. The molecule has 1 aromatic carbocycles. The molecule has 4 heteroatoms. The molecular formula is C21H29N3O. The van der Waals surface area contributed by atoms with Gasteiger partial charge in [-0.25, -0.2) is 4.99 Å². The van der Waals surface area contributed by atoms with E-state index in [2.05, 4.69) is 52.3 Å². The highest BCUT2D eigenvalue weighted by Crippen LogP contribution is 2.40.